The zero-order chi connectivity index (χ0) is 13.5. The summed E-state index contributed by atoms with van der Waals surface area (Å²) in [5.74, 6) is -1.06. The van der Waals surface area contributed by atoms with Crippen LogP contribution in [0, 0.1) is 15.9 Å². The van der Waals surface area contributed by atoms with Crippen molar-refractivity contribution in [3.63, 3.8) is 0 Å². The summed E-state index contributed by atoms with van der Waals surface area (Å²) in [7, 11) is 1.76. The van der Waals surface area contributed by atoms with Gasteiger partial charge < -0.3 is 10.6 Å². The van der Waals surface area contributed by atoms with E-state index < -0.39 is 10.7 Å². The van der Waals surface area contributed by atoms with Crippen LogP contribution in [0.2, 0.25) is 0 Å². The Balaban J connectivity index is 2.68. The molecule has 0 unspecified atom stereocenters. The maximum atomic E-state index is 13.3. The van der Waals surface area contributed by atoms with E-state index in [1.807, 2.05) is 0 Å². The van der Waals surface area contributed by atoms with Crippen molar-refractivity contribution in [2.45, 2.75) is 12.8 Å². The summed E-state index contributed by atoms with van der Waals surface area (Å²) in [6.45, 7) is 0.671. The molecule has 0 spiro atoms. The number of carbonyl (C=O) groups is 1. The SMILES string of the molecule is CNCCCC(=O)Nc1cc([N+](=O)[O-])ccc1F. The lowest BCUT2D eigenvalue weighted by molar-refractivity contribution is -0.384. The third-order valence-electron chi connectivity index (χ3n) is 2.27. The number of anilines is 1. The first-order chi connectivity index (χ1) is 8.54. The first-order valence-electron chi connectivity index (χ1n) is 5.43. The molecule has 0 aliphatic rings. The monoisotopic (exact) mass is 255 g/mol. The summed E-state index contributed by atoms with van der Waals surface area (Å²) in [5.41, 5.74) is -0.430. The lowest BCUT2D eigenvalue weighted by Gasteiger charge is -2.06. The van der Waals surface area contributed by atoms with E-state index in [2.05, 4.69) is 10.6 Å². The van der Waals surface area contributed by atoms with E-state index in [9.17, 15) is 19.3 Å². The summed E-state index contributed by atoms with van der Waals surface area (Å²) < 4.78 is 13.3. The smallest absolute Gasteiger partial charge is 0.271 e. The van der Waals surface area contributed by atoms with Crippen LogP contribution >= 0.6 is 0 Å². The summed E-state index contributed by atoms with van der Waals surface area (Å²) in [4.78, 5) is 21.3. The largest absolute Gasteiger partial charge is 0.323 e. The fourth-order valence-electron chi connectivity index (χ4n) is 1.36. The highest BCUT2D eigenvalue weighted by Crippen LogP contribution is 2.21. The number of nitro groups is 1. The van der Waals surface area contributed by atoms with Gasteiger partial charge in [0.15, 0.2) is 0 Å². The number of non-ortho nitro benzene ring substituents is 1. The van der Waals surface area contributed by atoms with Gasteiger partial charge in [-0.15, -0.1) is 0 Å². The first-order valence-corrected chi connectivity index (χ1v) is 5.43. The van der Waals surface area contributed by atoms with Gasteiger partial charge in [0, 0.05) is 18.6 Å². The molecule has 0 aromatic heterocycles. The van der Waals surface area contributed by atoms with E-state index in [0.717, 1.165) is 18.2 Å². The van der Waals surface area contributed by atoms with Crippen LogP contribution in [-0.4, -0.2) is 24.4 Å². The minimum Gasteiger partial charge on any atom is -0.323 e. The number of hydrogen-bond acceptors (Lipinski definition) is 4. The van der Waals surface area contributed by atoms with E-state index in [0.29, 0.717) is 13.0 Å². The molecule has 0 bridgehead atoms. The van der Waals surface area contributed by atoms with Crippen molar-refractivity contribution in [1.82, 2.24) is 5.32 Å². The highest BCUT2D eigenvalue weighted by molar-refractivity contribution is 5.91. The van der Waals surface area contributed by atoms with Crippen LogP contribution in [0.3, 0.4) is 0 Å². The van der Waals surface area contributed by atoms with Crippen LogP contribution in [-0.2, 0) is 4.79 Å². The Labute approximate surface area is 103 Å². The number of halogens is 1. The summed E-state index contributed by atoms with van der Waals surface area (Å²) in [6, 6.07) is 3.01. The number of carbonyl (C=O) groups excluding carboxylic acids is 1. The zero-order valence-corrected chi connectivity index (χ0v) is 9.90. The Kier molecular flexibility index (Phi) is 5.19. The number of hydrogen-bond donors (Lipinski definition) is 2. The molecular formula is C11H14FN3O3. The van der Waals surface area contributed by atoms with Gasteiger partial charge in [0.25, 0.3) is 5.69 Å². The summed E-state index contributed by atoms with van der Waals surface area (Å²) in [5, 5.41) is 15.7. The van der Waals surface area contributed by atoms with Crippen molar-refractivity contribution in [1.29, 1.82) is 0 Å². The first kappa shape index (κ1) is 14.0. The number of nitrogens with one attached hydrogen (secondary N) is 2. The second-order valence-corrected chi connectivity index (χ2v) is 3.68. The van der Waals surface area contributed by atoms with Gasteiger partial charge in [-0.2, -0.15) is 0 Å². The maximum Gasteiger partial charge on any atom is 0.271 e. The van der Waals surface area contributed by atoms with Crippen molar-refractivity contribution < 1.29 is 14.1 Å². The van der Waals surface area contributed by atoms with Crippen molar-refractivity contribution in [2.24, 2.45) is 0 Å². The van der Waals surface area contributed by atoms with E-state index >= 15 is 0 Å². The van der Waals surface area contributed by atoms with Gasteiger partial charge >= 0.3 is 0 Å². The number of benzene rings is 1. The molecule has 6 nitrogen and oxygen atoms in total. The van der Waals surface area contributed by atoms with E-state index in [-0.39, 0.29) is 23.7 Å². The molecule has 0 aliphatic heterocycles. The Morgan fingerprint density at radius 2 is 2.22 bits per heavy atom. The normalized spacial score (nSPS) is 10.1. The van der Waals surface area contributed by atoms with Crippen LogP contribution in [0.5, 0.6) is 0 Å². The Morgan fingerprint density at radius 1 is 1.50 bits per heavy atom. The maximum absolute atomic E-state index is 13.3. The quantitative estimate of drug-likeness (QED) is 0.460. The van der Waals surface area contributed by atoms with Crippen molar-refractivity contribution in [3.05, 3.63) is 34.1 Å². The van der Waals surface area contributed by atoms with E-state index in [1.165, 1.54) is 0 Å². The van der Waals surface area contributed by atoms with Gasteiger partial charge in [0.1, 0.15) is 5.82 Å². The Morgan fingerprint density at radius 3 is 2.83 bits per heavy atom. The molecule has 0 heterocycles. The van der Waals surface area contributed by atoms with Crippen molar-refractivity contribution >= 4 is 17.3 Å². The molecule has 98 valence electrons. The molecule has 2 N–H and O–H groups in total. The molecular weight excluding hydrogens is 241 g/mol. The fourth-order valence-corrected chi connectivity index (χ4v) is 1.36. The van der Waals surface area contributed by atoms with Gasteiger partial charge in [-0.05, 0) is 26.1 Å². The van der Waals surface area contributed by atoms with E-state index in [1.54, 1.807) is 7.05 Å². The molecule has 7 heteroatoms. The van der Waals surface area contributed by atoms with Crippen LogP contribution in [0.15, 0.2) is 18.2 Å². The number of amides is 1. The molecule has 18 heavy (non-hydrogen) atoms. The molecule has 1 aromatic rings. The van der Waals surface area contributed by atoms with E-state index in [4.69, 9.17) is 0 Å². The molecule has 0 radical (unpaired) electrons. The minimum absolute atomic E-state index is 0.168. The molecule has 0 saturated heterocycles. The molecule has 1 amide bonds. The molecule has 0 atom stereocenters. The topological polar surface area (TPSA) is 84.3 Å². The molecule has 0 aliphatic carbocycles. The van der Waals surface area contributed by atoms with Gasteiger partial charge in [0.05, 0.1) is 10.6 Å². The van der Waals surface area contributed by atoms with Gasteiger partial charge in [-0.1, -0.05) is 0 Å². The summed E-state index contributed by atoms with van der Waals surface area (Å²) >= 11 is 0. The molecule has 0 fully saturated rings. The molecule has 1 aromatic carbocycles. The Hall–Kier alpha value is -2.02. The lowest BCUT2D eigenvalue weighted by Crippen LogP contribution is -2.16. The third kappa shape index (κ3) is 4.10. The minimum atomic E-state index is -0.692. The fraction of sp³-hybridized carbons (Fsp3) is 0.364. The predicted octanol–water partition coefficient (Wildman–Crippen LogP) is 1.67. The van der Waals surface area contributed by atoms with Crippen LogP contribution < -0.4 is 10.6 Å². The standard InChI is InChI=1S/C11H14FN3O3/c1-13-6-2-3-11(16)14-10-7-8(15(17)18)4-5-9(10)12/h4-5,7,13H,2-3,6H2,1H3,(H,14,16). The second kappa shape index (κ2) is 6.65. The molecule has 0 saturated carbocycles. The number of nitro benzene ring substituents is 1. The zero-order valence-electron chi connectivity index (χ0n) is 9.90. The highest BCUT2D eigenvalue weighted by atomic mass is 19.1. The predicted molar refractivity (Wildman–Crippen MR) is 64.8 cm³/mol. The molecule has 1 rings (SSSR count). The van der Waals surface area contributed by atoms with Crippen LogP contribution in [0.4, 0.5) is 15.8 Å². The average molecular weight is 255 g/mol. The van der Waals surface area contributed by atoms with Crippen molar-refractivity contribution in [2.75, 3.05) is 18.9 Å². The van der Waals surface area contributed by atoms with Crippen LogP contribution in [0.1, 0.15) is 12.8 Å². The van der Waals surface area contributed by atoms with Crippen molar-refractivity contribution in [3.8, 4) is 0 Å². The summed E-state index contributed by atoms with van der Waals surface area (Å²) in [6.07, 6.45) is 0.835. The number of nitrogens with zero attached hydrogens (tertiary/aromatic N) is 1. The second-order valence-electron chi connectivity index (χ2n) is 3.68. The van der Waals surface area contributed by atoms with Gasteiger partial charge in [-0.3, -0.25) is 14.9 Å². The third-order valence-corrected chi connectivity index (χ3v) is 2.27. The van der Waals surface area contributed by atoms with Crippen LogP contribution in [0.25, 0.3) is 0 Å². The van der Waals surface area contributed by atoms with Gasteiger partial charge in [-0.25, -0.2) is 4.39 Å². The van der Waals surface area contributed by atoms with Gasteiger partial charge in [0.2, 0.25) is 5.91 Å². The highest BCUT2D eigenvalue weighted by Gasteiger charge is 2.12. The average Bonchev–Trinajstić information content (AvgIpc) is 2.32. The lowest BCUT2D eigenvalue weighted by atomic mass is 10.2. The Bertz CT molecular complexity index is 451. The number of rotatable bonds is 6.